The predicted molar refractivity (Wildman–Crippen MR) is 71.3 cm³/mol. The number of hydrogen-bond acceptors (Lipinski definition) is 4. The van der Waals surface area contributed by atoms with Crippen molar-refractivity contribution in [1.29, 1.82) is 0 Å². The molecule has 1 heterocycles. The molecular weight excluding hydrogens is 234 g/mol. The van der Waals surface area contributed by atoms with Crippen LogP contribution in [0.1, 0.15) is 12.5 Å². The summed E-state index contributed by atoms with van der Waals surface area (Å²) in [5.74, 6) is -0.167. The summed E-state index contributed by atoms with van der Waals surface area (Å²) in [7, 11) is 0. The summed E-state index contributed by atoms with van der Waals surface area (Å²) in [6.07, 6.45) is 2.77. The van der Waals surface area contributed by atoms with E-state index >= 15 is 0 Å². The fourth-order valence-corrected chi connectivity index (χ4v) is 2.23. The highest BCUT2D eigenvalue weighted by molar-refractivity contribution is 7.07. The zero-order chi connectivity index (χ0) is 12.5. The zero-order valence-electron chi connectivity index (χ0n) is 10.2. The lowest BCUT2D eigenvalue weighted by atomic mass is 10.2. The molecule has 0 aliphatic rings. The van der Waals surface area contributed by atoms with Crippen molar-refractivity contribution in [1.82, 2.24) is 4.90 Å². The molecule has 0 unspecified atom stereocenters. The van der Waals surface area contributed by atoms with Crippen LogP contribution < -0.4 is 0 Å². The number of hydrogen-bond donors (Lipinski definition) is 0. The molecule has 0 bridgehead atoms. The van der Waals surface area contributed by atoms with Gasteiger partial charge in [0.05, 0.1) is 13.2 Å². The van der Waals surface area contributed by atoms with Crippen LogP contribution in [0.2, 0.25) is 0 Å². The number of carbonyl (C=O) groups is 1. The maximum atomic E-state index is 11.4. The van der Waals surface area contributed by atoms with E-state index in [-0.39, 0.29) is 5.97 Å². The van der Waals surface area contributed by atoms with Crippen molar-refractivity contribution in [2.24, 2.45) is 0 Å². The molecule has 3 nitrogen and oxygen atoms in total. The van der Waals surface area contributed by atoms with Gasteiger partial charge in [-0.25, -0.2) is 0 Å². The summed E-state index contributed by atoms with van der Waals surface area (Å²) in [5.41, 5.74) is 1.31. The first-order valence-corrected chi connectivity index (χ1v) is 6.70. The van der Waals surface area contributed by atoms with E-state index in [1.165, 1.54) is 5.56 Å². The molecule has 0 aliphatic carbocycles. The topological polar surface area (TPSA) is 29.5 Å². The van der Waals surface area contributed by atoms with E-state index in [9.17, 15) is 4.79 Å². The highest BCUT2D eigenvalue weighted by Gasteiger charge is 2.10. The summed E-state index contributed by atoms with van der Waals surface area (Å²) < 4.78 is 4.94. The van der Waals surface area contributed by atoms with Crippen LogP contribution in [0.5, 0.6) is 0 Å². The molecule has 1 aromatic heterocycles. The third-order valence-electron chi connectivity index (χ3n) is 2.34. The van der Waals surface area contributed by atoms with Gasteiger partial charge in [-0.15, -0.1) is 6.58 Å². The average molecular weight is 253 g/mol. The van der Waals surface area contributed by atoms with Crippen molar-refractivity contribution in [2.45, 2.75) is 13.3 Å². The van der Waals surface area contributed by atoms with Crippen LogP contribution >= 0.6 is 11.3 Å². The second-order valence-electron chi connectivity index (χ2n) is 3.71. The van der Waals surface area contributed by atoms with E-state index in [4.69, 9.17) is 4.74 Å². The monoisotopic (exact) mass is 253 g/mol. The molecular formula is C13H19NO2S. The van der Waals surface area contributed by atoms with Gasteiger partial charge >= 0.3 is 5.97 Å². The average Bonchev–Trinajstić information content (AvgIpc) is 2.79. The van der Waals surface area contributed by atoms with Crippen molar-refractivity contribution >= 4 is 17.3 Å². The Morgan fingerprint density at radius 1 is 1.65 bits per heavy atom. The van der Waals surface area contributed by atoms with E-state index < -0.39 is 0 Å². The molecule has 0 amide bonds. The minimum atomic E-state index is -0.167. The van der Waals surface area contributed by atoms with Gasteiger partial charge in [0.2, 0.25) is 0 Å². The molecule has 0 N–H and O–H groups in total. The fraction of sp³-hybridized carbons (Fsp3) is 0.462. The first-order valence-electron chi connectivity index (χ1n) is 5.76. The van der Waals surface area contributed by atoms with E-state index in [0.717, 1.165) is 13.0 Å². The molecule has 94 valence electrons. The molecule has 17 heavy (non-hydrogen) atoms. The minimum absolute atomic E-state index is 0.167. The lowest BCUT2D eigenvalue weighted by Gasteiger charge is -2.19. The van der Waals surface area contributed by atoms with Crippen LogP contribution in [0.4, 0.5) is 0 Å². The molecule has 0 aromatic carbocycles. The first kappa shape index (κ1) is 13.9. The van der Waals surface area contributed by atoms with Crippen molar-refractivity contribution in [3.8, 4) is 0 Å². The standard InChI is InChI=1S/C13H19NO2S/c1-3-7-14(10-13(15)16-4-2)8-5-12-6-9-17-11-12/h3,6,9,11H,1,4-5,7-8,10H2,2H3. The molecule has 0 spiro atoms. The highest BCUT2D eigenvalue weighted by Crippen LogP contribution is 2.07. The summed E-state index contributed by atoms with van der Waals surface area (Å²) in [6, 6.07) is 2.11. The van der Waals surface area contributed by atoms with E-state index in [0.29, 0.717) is 19.7 Å². The number of ether oxygens (including phenoxy) is 1. The molecule has 0 aliphatic heterocycles. The van der Waals surface area contributed by atoms with Gasteiger partial charge in [0, 0.05) is 13.1 Å². The molecule has 0 radical (unpaired) electrons. The summed E-state index contributed by atoms with van der Waals surface area (Å²) in [5, 5.41) is 4.20. The van der Waals surface area contributed by atoms with Crippen LogP contribution in [-0.2, 0) is 16.0 Å². The van der Waals surface area contributed by atoms with Gasteiger partial charge in [-0.1, -0.05) is 6.08 Å². The molecule has 0 atom stereocenters. The van der Waals surface area contributed by atoms with Crippen LogP contribution in [0, 0.1) is 0 Å². The second kappa shape index (κ2) is 8.03. The molecule has 1 rings (SSSR count). The largest absolute Gasteiger partial charge is 0.465 e. The Bertz CT molecular complexity index is 335. The molecule has 0 fully saturated rings. The van der Waals surface area contributed by atoms with Gasteiger partial charge in [-0.2, -0.15) is 11.3 Å². The van der Waals surface area contributed by atoms with Crippen molar-refractivity contribution in [3.63, 3.8) is 0 Å². The van der Waals surface area contributed by atoms with Crippen LogP contribution in [0.3, 0.4) is 0 Å². The maximum absolute atomic E-state index is 11.4. The quantitative estimate of drug-likeness (QED) is 0.526. The highest BCUT2D eigenvalue weighted by atomic mass is 32.1. The van der Waals surface area contributed by atoms with Gasteiger partial charge in [0.25, 0.3) is 0 Å². The van der Waals surface area contributed by atoms with Crippen LogP contribution in [0.25, 0.3) is 0 Å². The summed E-state index contributed by atoms with van der Waals surface area (Å²) >= 11 is 1.70. The lowest BCUT2D eigenvalue weighted by Crippen LogP contribution is -2.32. The maximum Gasteiger partial charge on any atom is 0.320 e. The number of rotatable bonds is 8. The number of thiophene rings is 1. The van der Waals surface area contributed by atoms with E-state index in [2.05, 4.69) is 23.4 Å². The Hall–Kier alpha value is -1.13. The third-order valence-corrected chi connectivity index (χ3v) is 3.07. The first-order chi connectivity index (χ1) is 8.26. The molecule has 4 heteroatoms. The Morgan fingerprint density at radius 3 is 3.06 bits per heavy atom. The fourth-order valence-electron chi connectivity index (χ4n) is 1.53. The lowest BCUT2D eigenvalue weighted by molar-refractivity contribution is -0.144. The number of carbonyl (C=O) groups excluding carboxylic acids is 1. The van der Waals surface area contributed by atoms with Crippen molar-refractivity contribution in [3.05, 3.63) is 35.0 Å². The Kier molecular flexibility index (Phi) is 6.58. The van der Waals surface area contributed by atoms with Gasteiger partial charge in [0.15, 0.2) is 0 Å². The van der Waals surface area contributed by atoms with Gasteiger partial charge in [-0.3, -0.25) is 9.69 Å². The molecule has 0 saturated carbocycles. The Balaban J connectivity index is 2.37. The minimum Gasteiger partial charge on any atom is -0.465 e. The molecule has 1 aromatic rings. The zero-order valence-corrected chi connectivity index (χ0v) is 11.0. The number of nitrogens with zero attached hydrogens (tertiary/aromatic N) is 1. The van der Waals surface area contributed by atoms with Gasteiger partial charge in [-0.05, 0) is 35.7 Å². The van der Waals surface area contributed by atoms with Crippen molar-refractivity contribution in [2.75, 3.05) is 26.2 Å². The number of esters is 1. The Morgan fingerprint density at radius 2 is 2.47 bits per heavy atom. The van der Waals surface area contributed by atoms with Crippen LogP contribution in [0.15, 0.2) is 29.5 Å². The van der Waals surface area contributed by atoms with Gasteiger partial charge in [0.1, 0.15) is 0 Å². The third kappa shape index (κ3) is 5.65. The van der Waals surface area contributed by atoms with Gasteiger partial charge < -0.3 is 4.74 Å². The normalized spacial score (nSPS) is 10.5. The smallest absolute Gasteiger partial charge is 0.320 e. The SMILES string of the molecule is C=CCN(CCc1ccsc1)CC(=O)OCC. The Labute approximate surface area is 107 Å². The second-order valence-corrected chi connectivity index (χ2v) is 4.49. The predicted octanol–water partition coefficient (Wildman–Crippen LogP) is 2.34. The van der Waals surface area contributed by atoms with E-state index in [1.807, 2.05) is 17.9 Å². The summed E-state index contributed by atoms with van der Waals surface area (Å²) in [6.45, 7) is 7.86. The van der Waals surface area contributed by atoms with E-state index in [1.54, 1.807) is 11.3 Å². The van der Waals surface area contributed by atoms with Crippen LogP contribution in [-0.4, -0.2) is 37.1 Å². The van der Waals surface area contributed by atoms with Crippen molar-refractivity contribution < 1.29 is 9.53 Å². The summed E-state index contributed by atoms with van der Waals surface area (Å²) in [4.78, 5) is 13.4. The molecule has 0 saturated heterocycles.